The fraction of sp³-hybridized carbons (Fsp3) is 0.0833. The Balaban J connectivity index is 2.11. The molecule has 0 aliphatic heterocycles. The molecule has 102 valence electrons. The van der Waals surface area contributed by atoms with Crippen LogP contribution in [0.1, 0.15) is 16.2 Å². The molecule has 0 unspecified atom stereocenters. The number of carbonyl (C=O) groups is 2. The van der Waals surface area contributed by atoms with Crippen LogP contribution in [0.15, 0.2) is 30.7 Å². The third-order valence-corrected chi connectivity index (χ3v) is 2.41. The van der Waals surface area contributed by atoms with Crippen molar-refractivity contribution in [3.8, 4) is 0 Å². The summed E-state index contributed by atoms with van der Waals surface area (Å²) in [4.78, 5) is 30.0. The normalized spacial score (nSPS) is 10.7. The Bertz CT molecular complexity index is 677. The van der Waals surface area contributed by atoms with E-state index in [2.05, 4.69) is 20.4 Å². The Morgan fingerprint density at radius 2 is 2.05 bits per heavy atom. The lowest BCUT2D eigenvalue weighted by Crippen LogP contribution is -2.14. The lowest BCUT2D eigenvalue weighted by molar-refractivity contribution is -0.111. The van der Waals surface area contributed by atoms with Crippen LogP contribution in [0.4, 0.5) is 5.82 Å². The van der Waals surface area contributed by atoms with Gasteiger partial charge in [-0.2, -0.15) is 5.10 Å². The molecule has 0 atom stereocenters. The summed E-state index contributed by atoms with van der Waals surface area (Å²) in [7, 11) is 1.74. The van der Waals surface area contributed by atoms with E-state index in [0.29, 0.717) is 0 Å². The Labute approximate surface area is 113 Å². The molecule has 0 bridgehead atoms. The van der Waals surface area contributed by atoms with Crippen molar-refractivity contribution in [3.05, 3.63) is 42.1 Å². The lowest BCUT2D eigenvalue weighted by Gasteiger charge is -2.03. The number of aromatic nitrogens is 4. The van der Waals surface area contributed by atoms with Crippen molar-refractivity contribution in [1.29, 1.82) is 0 Å². The molecule has 0 saturated heterocycles. The molecule has 8 heteroatoms. The average molecular weight is 273 g/mol. The number of hydrogen-bond acceptors (Lipinski definition) is 5. The summed E-state index contributed by atoms with van der Waals surface area (Å²) in [6.07, 6.45) is 6.96. The van der Waals surface area contributed by atoms with Crippen molar-refractivity contribution in [3.63, 3.8) is 0 Å². The van der Waals surface area contributed by atoms with Gasteiger partial charge in [-0.05, 0) is 12.1 Å². The molecule has 1 amide bonds. The molecule has 2 N–H and O–H groups in total. The highest BCUT2D eigenvalue weighted by Crippen LogP contribution is 2.08. The number of carbonyl (C=O) groups excluding carboxylic acids is 1. The van der Waals surface area contributed by atoms with E-state index in [9.17, 15) is 9.59 Å². The van der Waals surface area contributed by atoms with Gasteiger partial charge >= 0.3 is 5.97 Å². The van der Waals surface area contributed by atoms with Crippen LogP contribution in [0, 0.1) is 0 Å². The molecular formula is C12H11N5O3. The summed E-state index contributed by atoms with van der Waals surface area (Å²) in [5.74, 6) is -1.86. The highest BCUT2D eigenvalue weighted by molar-refractivity contribution is 6.04. The SMILES string of the molecule is Cn1nccc1C=CC(=O)Nc1nccnc1C(=O)O. The summed E-state index contributed by atoms with van der Waals surface area (Å²) >= 11 is 0. The molecule has 0 fully saturated rings. The highest BCUT2D eigenvalue weighted by atomic mass is 16.4. The van der Waals surface area contributed by atoms with Crippen molar-refractivity contribution >= 4 is 23.8 Å². The summed E-state index contributed by atoms with van der Waals surface area (Å²) in [5.41, 5.74) is 0.424. The number of hydrogen-bond donors (Lipinski definition) is 2. The zero-order valence-electron chi connectivity index (χ0n) is 10.5. The summed E-state index contributed by atoms with van der Waals surface area (Å²) in [5, 5.41) is 15.2. The van der Waals surface area contributed by atoms with Gasteiger partial charge in [0.05, 0.1) is 5.69 Å². The topological polar surface area (TPSA) is 110 Å². The molecule has 0 radical (unpaired) electrons. The second-order valence-corrected chi connectivity index (χ2v) is 3.76. The minimum absolute atomic E-state index is 0.0975. The third kappa shape index (κ3) is 3.05. The van der Waals surface area contributed by atoms with Crippen molar-refractivity contribution in [1.82, 2.24) is 19.7 Å². The fourth-order valence-corrected chi connectivity index (χ4v) is 1.45. The van der Waals surface area contributed by atoms with E-state index < -0.39 is 11.9 Å². The van der Waals surface area contributed by atoms with Crippen LogP contribution >= 0.6 is 0 Å². The molecule has 2 heterocycles. The monoisotopic (exact) mass is 273 g/mol. The number of carboxylic acids is 1. The number of rotatable bonds is 4. The molecule has 0 aliphatic carbocycles. The first-order valence-corrected chi connectivity index (χ1v) is 5.59. The van der Waals surface area contributed by atoms with Crippen molar-refractivity contribution in [2.75, 3.05) is 5.32 Å². The van der Waals surface area contributed by atoms with Crippen LogP contribution in [-0.4, -0.2) is 36.7 Å². The van der Waals surface area contributed by atoms with Crippen molar-refractivity contribution in [2.45, 2.75) is 0 Å². The summed E-state index contributed by atoms with van der Waals surface area (Å²) in [6, 6.07) is 1.73. The van der Waals surface area contributed by atoms with Gasteiger partial charge in [-0.15, -0.1) is 0 Å². The van der Waals surface area contributed by atoms with Crippen LogP contribution in [0.25, 0.3) is 6.08 Å². The lowest BCUT2D eigenvalue weighted by atomic mass is 10.3. The van der Waals surface area contributed by atoms with E-state index in [0.717, 1.165) is 5.69 Å². The van der Waals surface area contributed by atoms with E-state index in [1.807, 2.05) is 0 Å². The molecular weight excluding hydrogens is 262 g/mol. The molecule has 0 saturated carbocycles. The van der Waals surface area contributed by atoms with Crippen LogP contribution < -0.4 is 5.32 Å². The molecule has 2 aromatic rings. The fourth-order valence-electron chi connectivity index (χ4n) is 1.45. The molecule has 20 heavy (non-hydrogen) atoms. The van der Waals surface area contributed by atoms with E-state index >= 15 is 0 Å². The van der Waals surface area contributed by atoms with Crippen LogP contribution in [-0.2, 0) is 11.8 Å². The van der Waals surface area contributed by atoms with Gasteiger partial charge in [0.15, 0.2) is 11.5 Å². The van der Waals surface area contributed by atoms with Gasteiger partial charge in [0.1, 0.15) is 0 Å². The van der Waals surface area contributed by atoms with E-state index in [1.54, 1.807) is 30.1 Å². The summed E-state index contributed by atoms with van der Waals surface area (Å²) in [6.45, 7) is 0. The standard InChI is InChI=1S/C12H11N5O3/c1-17-8(4-5-15-17)2-3-9(18)16-11-10(12(19)20)13-6-7-14-11/h2-7H,1H3,(H,19,20)(H,14,16,18). The second kappa shape index (κ2) is 5.74. The number of anilines is 1. The predicted molar refractivity (Wildman–Crippen MR) is 69.9 cm³/mol. The number of carboxylic acid groups (broad SMARTS) is 1. The number of aromatic carboxylic acids is 1. The van der Waals surface area contributed by atoms with Crippen LogP contribution in [0.2, 0.25) is 0 Å². The molecule has 2 aromatic heterocycles. The zero-order chi connectivity index (χ0) is 14.5. The Morgan fingerprint density at radius 3 is 2.70 bits per heavy atom. The van der Waals surface area contributed by atoms with Gasteiger partial charge in [0, 0.05) is 31.7 Å². The van der Waals surface area contributed by atoms with Gasteiger partial charge in [-0.3, -0.25) is 9.48 Å². The maximum absolute atomic E-state index is 11.7. The minimum Gasteiger partial charge on any atom is -0.476 e. The smallest absolute Gasteiger partial charge is 0.358 e. The van der Waals surface area contributed by atoms with Crippen LogP contribution in [0.3, 0.4) is 0 Å². The van der Waals surface area contributed by atoms with E-state index in [4.69, 9.17) is 5.11 Å². The molecule has 0 spiro atoms. The van der Waals surface area contributed by atoms with Crippen molar-refractivity contribution in [2.24, 2.45) is 7.05 Å². The number of aryl methyl sites for hydroxylation is 1. The third-order valence-electron chi connectivity index (χ3n) is 2.41. The number of nitrogens with zero attached hydrogens (tertiary/aromatic N) is 4. The highest BCUT2D eigenvalue weighted by Gasteiger charge is 2.13. The molecule has 8 nitrogen and oxygen atoms in total. The zero-order valence-corrected chi connectivity index (χ0v) is 10.5. The van der Waals surface area contributed by atoms with Crippen LogP contribution in [0.5, 0.6) is 0 Å². The quantitative estimate of drug-likeness (QED) is 0.787. The van der Waals surface area contributed by atoms with E-state index in [-0.39, 0.29) is 11.5 Å². The van der Waals surface area contributed by atoms with Crippen molar-refractivity contribution < 1.29 is 14.7 Å². The first-order chi connectivity index (χ1) is 9.58. The van der Waals surface area contributed by atoms with Gasteiger partial charge in [0.25, 0.3) is 0 Å². The Morgan fingerprint density at radius 1 is 1.30 bits per heavy atom. The molecule has 0 aromatic carbocycles. The maximum atomic E-state index is 11.7. The number of nitrogens with one attached hydrogen (secondary N) is 1. The van der Waals surface area contributed by atoms with Gasteiger partial charge in [-0.25, -0.2) is 14.8 Å². The van der Waals surface area contributed by atoms with Gasteiger partial charge in [-0.1, -0.05) is 0 Å². The number of amides is 1. The Hall–Kier alpha value is -3.03. The van der Waals surface area contributed by atoms with Gasteiger partial charge in [0.2, 0.25) is 5.91 Å². The Kier molecular flexibility index (Phi) is 3.85. The van der Waals surface area contributed by atoms with E-state index in [1.165, 1.54) is 18.5 Å². The average Bonchev–Trinajstić information content (AvgIpc) is 2.82. The maximum Gasteiger partial charge on any atom is 0.358 e. The van der Waals surface area contributed by atoms with Gasteiger partial charge < -0.3 is 10.4 Å². The summed E-state index contributed by atoms with van der Waals surface area (Å²) < 4.78 is 1.59. The minimum atomic E-state index is -1.26. The second-order valence-electron chi connectivity index (χ2n) is 3.76. The first kappa shape index (κ1) is 13.4. The largest absolute Gasteiger partial charge is 0.476 e. The first-order valence-electron chi connectivity index (χ1n) is 5.59. The predicted octanol–water partition coefficient (Wildman–Crippen LogP) is 0.560. The molecule has 2 rings (SSSR count). The molecule has 0 aliphatic rings.